The van der Waals surface area contributed by atoms with Crippen LogP contribution in [0.1, 0.15) is 51.2 Å². The molecule has 3 heterocycles. The lowest BCUT2D eigenvalue weighted by Crippen LogP contribution is -2.35. The van der Waals surface area contributed by atoms with Gasteiger partial charge in [0.25, 0.3) is 0 Å². The van der Waals surface area contributed by atoms with E-state index in [0.717, 1.165) is 30.8 Å². The molecule has 154 valence electrons. The Morgan fingerprint density at radius 3 is 2.71 bits per heavy atom. The van der Waals surface area contributed by atoms with E-state index in [2.05, 4.69) is 63.1 Å². The van der Waals surface area contributed by atoms with E-state index in [1.165, 1.54) is 33.5 Å². The van der Waals surface area contributed by atoms with Gasteiger partial charge in [-0.2, -0.15) is 10.2 Å². The SMILES string of the molecule is c1ccc(COc2ccccc2C2CNC3c4nnccc4CCc4c[nH]c2c43)cc1. The second-order valence-electron chi connectivity index (χ2n) is 8.29. The fourth-order valence-electron chi connectivity index (χ4n) is 5.00. The lowest BCUT2D eigenvalue weighted by Gasteiger charge is -2.31. The second-order valence-corrected chi connectivity index (χ2v) is 8.29. The summed E-state index contributed by atoms with van der Waals surface area (Å²) in [5.74, 6) is 1.14. The minimum atomic E-state index is 0.0936. The van der Waals surface area contributed by atoms with Crippen molar-refractivity contribution in [1.29, 1.82) is 0 Å². The van der Waals surface area contributed by atoms with Crippen LogP contribution in [0, 0.1) is 0 Å². The first-order valence-electron chi connectivity index (χ1n) is 10.9. The topological polar surface area (TPSA) is 62.8 Å². The molecule has 2 aromatic carbocycles. The summed E-state index contributed by atoms with van der Waals surface area (Å²) in [6.45, 7) is 1.38. The van der Waals surface area contributed by atoms with E-state index in [4.69, 9.17) is 4.74 Å². The Labute approximate surface area is 181 Å². The molecule has 0 spiro atoms. The Balaban J connectivity index is 1.36. The van der Waals surface area contributed by atoms with Gasteiger partial charge >= 0.3 is 0 Å². The molecule has 0 amide bonds. The Morgan fingerprint density at radius 1 is 0.935 bits per heavy atom. The third-order valence-corrected chi connectivity index (χ3v) is 6.51. The third-order valence-electron chi connectivity index (χ3n) is 6.51. The minimum absolute atomic E-state index is 0.0936. The maximum Gasteiger partial charge on any atom is 0.123 e. The molecule has 5 heteroatoms. The number of aryl methyl sites for hydroxylation is 2. The number of rotatable bonds is 4. The van der Waals surface area contributed by atoms with Gasteiger partial charge in [-0.1, -0.05) is 48.5 Å². The van der Waals surface area contributed by atoms with Crippen molar-refractivity contribution in [3.63, 3.8) is 0 Å². The summed E-state index contributed by atoms with van der Waals surface area (Å²) in [5.41, 5.74) is 8.72. The highest BCUT2D eigenvalue weighted by Crippen LogP contribution is 2.43. The van der Waals surface area contributed by atoms with E-state index < -0.39 is 0 Å². The summed E-state index contributed by atoms with van der Waals surface area (Å²) in [6.07, 6.45) is 5.99. The van der Waals surface area contributed by atoms with E-state index >= 15 is 0 Å². The van der Waals surface area contributed by atoms with Crippen molar-refractivity contribution >= 4 is 0 Å². The summed E-state index contributed by atoms with van der Waals surface area (Å²) < 4.78 is 6.28. The van der Waals surface area contributed by atoms with Gasteiger partial charge in [0, 0.05) is 36.1 Å². The smallest absolute Gasteiger partial charge is 0.123 e. The van der Waals surface area contributed by atoms with E-state index in [9.17, 15) is 0 Å². The number of para-hydroxylation sites is 1. The quantitative estimate of drug-likeness (QED) is 0.528. The Bertz CT molecular complexity index is 1220. The highest BCUT2D eigenvalue weighted by atomic mass is 16.5. The molecule has 1 aliphatic carbocycles. The number of aromatic nitrogens is 3. The van der Waals surface area contributed by atoms with Gasteiger partial charge in [0.05, 0.1) is 11.7 Å². The fraction of sp³-hybridized carbons (Fsp3) is 0.231. The zero-order valence-corrected chi connectivity index (χ0v) is 17.2. The van der Waals surface area contributed by atoms with Gasteiger partial charge in [-0.15, -0.1) is 0 Å². The van der Waals surface area contributed by atoms with Crippen molar-refractivity contribution in [1.82, 2.24) is 20.5 Å². The van der Waals surface area contributed by atoms with Crippen LogP contribution in [-0.2, 0) is 19.4 Å². The number of H-pyrrole nitrogens is 1. The van der Waals surface area contributed by atoms with Gasteiger partial charge in [-0.3, -0.25) is 0 Å². The molecule has 6 rings (SSSR count). The molecule has 0 bridgehead atoms. The predicted molar refractivity (Wildman–Crippen MR) is 119 cm³/mol. The van der Waals surface area contributed by atoms with Crippen LogP contribution < -0.4 is 10.1 Å². The highest BCUT2D eigenvalue weighted by Gasteiger charge is 2.36. The molecule has 2 unspecified atom stereocenters. The highest BCUT2D eigenvalue weighted by molar-refractivity contribution is 5.51. The summed E-state index contributed by atoms with van der Waals surface area (Å²) in [4.78, 5) is 3.61. The van der Waals surface area contributed by atoms with Crippen LogP contribution in [-0.4, -0.2) is 21.7 Å². The molecule has 0 radical (unpaired) electrons. The molecule has 1 aliphatic heterocycles. The number of benzene rings is 2. The molecule has 4 aromatic rings. The maximum absolute atomic E-state index is 6.28. The molecular formula is C26H24N4O. The largest absolute Gasteiger partial charge is 0.489 e. The normalized spacial score (nSPS) is 19.2. The van der Waals surface area contributed by atoms with Crippen LogP contribution in [0.15, 0.2) is 73.1 Å². The number of hydrogen-bond donors (Lipinski definition) is 2. The Hall–Kier alpha value is -3.44. The summed E-state index contributed by atoms with van der Waals surface area (Å²) in [7, 11) is 0. The summed E-state index contributed by atoms with van der Waals surface area (Å²) in [5, 5.41) is 12.5. The number of nitrogens with zero attached hydrogens (tertiary/aromatic N) is 2. The van der Waals surface area contributed by atoms with E-state index in [0.29, 0.717) is 6.61 Å². The number of hydrogen-bond acceptors (Lipinski definition) is 4. The van der Waals surface area contributed by atoms with Gasteiger partial charge in [0.15, 0.2) is 0 Å². The minimum Gasteiger partial charge on any atom is -0.489 e. The molecule has 0 saturated carbocycles. The van der Waals surface area contributed by atoms with Crippen LogP contribution in [0.3, 0.4) is 0 Å². The molecule has 0 fully saturated rings. The maximum atomic E-state index is 6.28. The molecule has 2 atom stereocenters. The number of ether oxygens (including phenoxy) is 1. The first kappa shape index (κ1) is 18.3. The van der Waals surface area contributed by atoms with Crippen molar-refractivity contribution in [3.05, 3.63) is 112 Å². The molecule has 5 nitrogen and oxygen atoms in total. The van der Waals surface area contributed by atoms with Gasteiger partial charge in [0.1, 0.15) is 12.4 Å². The van der Waals surface area contributed by atoms with Crippen LogP contribution in [0.5, 0.6) is 5.75 Å². The Kier molecular flexibility index (Phi) is 4.54. The van der Waals surface area contributed by atoms with Crippen LogP contribution in [0.25, 0.3) is 0 Å². The molecular weight excluding hydrogens is 384 g/mol. The lowest BCUT2D eigenvalue weighted by molar-refractivity contribution is 0.300. The van der Waals surface area contributed by atoms with E-state index in [-0.39, 0.29) is 12.0 Å². The molecule has 2 aliphatic rings. The predicted octanol–water partition coefficient (Wildman–Crippen LogP) is 4.31. The number of fused-ring (bicyclic) bond motifs is 2. The molecule has 31 heavy (non-hydrogen) atoms. The molecule has 2 aromatic heterocycles. The lowest BCUT2D eigenvalue weighted by atomic mass is 9.84. The molecule has 2 N–H and O–H groups in total. The van der Waals surface area contributed by atoms with Gasteiger partial charge in [-0.05, 0) is 47.2 Å². The zero-order valence-electron chi connectivity index (χ0n) is 17.2. The summed E-state index contributed by atoms with van der Waals surface area (Å²) in [6, 6.07) is 20.9. The summed E-state index contributed by atoms with van der Waals surface area (Å²) >= 11 is 0. The van der Waals surface area contributed by atoms with Crippen LogP contribution in [0.2, 0.25) is 0 Å². The first-order valence-corrected chi connectivity index (χ1v) is 10.9. The van der Waals surface area contributed by atoms with Crippen molar-refractivity contribution < 1.29 is 4.74 Å². The van der Waals surface area contributed by atoms with Crippen molar-refractivity contribution in [2.45, 2.75) is 31.4 Å². The number of nitrogens with one attached hydrogen (secondary N) is 2. The van der Waals surface area contributed by atoms with Gasteiger partial charge in [0.2, 0.25) is 0 Å². The third kappa shape index (κ3) is 3.22. The second kappa shape index (κ2) is 7.67. The van der Waals surface area contributed by atoms with E-state index in [1.54, 1.807) is 6.20 Å². The van der Waals surface area contributed by atoms with Gasteiger partial charge < -0.3 is 15.0 Å². The average Bonchev–Trinajstić information content (AvgIpc) is 3.19. The van der Waals surface area contributed by atoms with Crippen LogP contribution >= 0.6 is 0 Å². The van der Waals surface area contributed by atoms with E-state index in [1.807, 2.05) is 24.3 Å². The van der Waals surface area contributed by atoms with Crippen LogP contribution in [0.4, 0.5) is 0 Å². The monoisotopic (exact) mass is 408 g/mol. The number of aromatic amines is 1. The average molecular weight is 409 g/mol. The first-order chi connectivity index (χ1) is 15.4. The van der Waals surface area contributed by atoms with Gasteiger partial charge in [-0.25, -0.2) is 0 Å². The fourth-order valence-corrected chi connectivity index (χ4v) is 5.00. The molecule has 0 saturated heterocycles. The van der Waals surface area contributed by atoms with Crippen molar-refractivity contribution in [2.24, 2.45) is 0 Å². The standard InChI is InChI=1S/C26H24N4O/c1-2-6-17(7-3-1)16-31-22-9-5-4-8-20(22)21-15-28-26-23-19(14-27-25(21)23)11-10-18-12-13-29-30-24(18)26/h1-9,12-14,21,26-28H,10-11,15-16H2. The zero-order chi connectivity index (χ0) is 20.6. The van der Waals surface area contributed by atoms with Crippen molar-refractivity contribution in [3.8, 4) is 5.75 Å². The van der Waals surface area contributed by atoms with Crippen molar-refractivity contribution in [2.75, 3.05) is 6.54 Å². The Morgan fingerprint density at radius 2 is 1.77 bits per heavy atom.